The van der Waals surface area contributed by atoms with Crippen LogP contribution in [-0.4, -0.2) is 12.4 Å². The van der Waals surface area contributed by atoms with E-state index in [-0.39, 0.29) is 5.78 Å². The Kier molecular flexibility index (Phi) is 5.60. The fourth-order valence-corrected chi connectivity index (χ4v) is 0.818. The zero-order valence-corrected chi connectivity index (χ0v) is 8.46. The lowest BCUT2D eigenvalue weighted by Gasteiger charge is -2.04. The molecule has 0 aromatic heterocycles. The predicted octanol–water partition coefficient (Wildman–Crippen LogP) is 2.63. The summed E-state index contributed by atoms with van der Waals surface area (Å²) < 4.78 is 5.26. The normalized spacial score (nSPS) is 11.8. The maximum atomic E-state index is 10.6. The molecule has 2 nitrogen and oxygen atoms in total. The first kappa shape index (κ1) is 11.7. The molecule has 0 spiro atoms. The monoisotopic (exact) mass is 180 g/mol. The molecule has 0 aliphatic heterocycles. The Morgan fingerprint density at radius 1 is 1.46 bits per heavy atom. The lowest BCUT2D eigenvalue weighted by Crippen LogP contribution is -1.95. The molecule has 13 heavy (non-hydrogen) atoms. The second-order valence-electron chi connectivity index (χ2n) is 2.81. The molecule has 0 bridgehead atoms. The molecule has 0 unspecified atom stereocenters. The van der Waals surface area contributed by atoms with Crippen LogP contribution in [0.4, 0.5) is 0 Å². The van der Waals surface area contributed by atoms with Crippen molar-refractivity contribution in [1.29, 1.82) is 0 Å². The molecule has 0 heterocycles. The molecule has 0 aromatic carbocycles. The van der Waals surface area contributed by atoms with E-state index in [2.05, 4.69) is 6.58 Å². The van der Waals surface area contributed by atoms with Crippen molar-refractivity contribution >= 4 is 5.78 Å². The number of allylic oxidation sites excluding steroid dienone is 3. The van der Waals surface area contributed by atoms with Crippen LogP contribution >= 0.6 is 0 Å². The van der Waals surface area contributed by atoms with E-state index >= 15 is 0 Å². The van der Waals surface area contributed by atoms with Crippen molar-refractivity contribution in [2.45, 2.75) is 20.8 Å². The van der Waals surface area contributed by atoms with Gasteiger partial charge in [-0.15, -0.1) is 0 Å². The van der Waals surface area contributed by atoms with Crippen molar-refractivity contribution in [2.24, 2.45) is 0 Å². The molecule has 0 rings (SSSR count). The summed E-state index contributed by atoms with van der Waals surface area (Å²) in [5.74, 6) is 0.618. The summed E-state index contributed by atoms with van der Waals surface area (Å²) >= 11 is 0. The first-order valence-electron chi connectivity index (χ1n) is 4.18. The summed E-state index contributed by atoms with van der Waals surface area (Å²) in [6.45, 7) is 9.37. The number of rotatable bonds is 5. The van der Waals surface area contributed by atoms with Crippen molar-refractivity contribution in [3.63, 3.8) is 0 Å². The lowest BCUT2D eigenvalue weighted by molar-refractivity contribution is -0.112. The van der Waals surface area contributed by atoms with E-state index in [0.717, 1.165) is 5.57 Å². The van der Waals surface area contributed by atoms with E-state index in [4.69, 9.17) is 4.74 Å². The smallest absolute Gasteiger partial charge is 0.155 e. The number of carbonyl (C=O) groups is 1. The highest BCUT2D eigenvalue weighted by molar-refractivity contribution is 5.87. The van der Waals surface area contributed by atoms with Gasteiger partial charge in [0.15, 0.2) is 5.78 Å². The van der Waals surface area contributed by atoms with Gasteiger partial charge >= 0.3 is 0 Å². The average Bonchev–Trinajstić information content (AvgIpc) is 2.00. The Morgan fingerprint density at radius 2 is 2.08 bits per heavy atom. The van der Waals surface area contributed by atoms with E-state index in [0.29, 0.717) is 12.4 Å². The maximum Gasteiger partial charge on any atom is 0.155 e. The van der Waals surface area contributed by atoms with Gasteiger partial charge in [0.25, 0.3) is 0 Å². The minimum atomic E-state index is -0.00542. The quantitative estimate of drug-likeness (QED) is 0.369. The highest BCUT2D eigenvalue weighted by Gasteiger charge is 1.93. The van der Waals surface area contributed by atoms with Crippen molar-refractivity contribution in [3.05, 3.63) is 36.1 Å². The fourth-order valence-electron chi connectivity index (χ4n) is 0.818. The zero-order valence-electron chi connectivity index (χ0n) is 8.46. The van der Waals surface area contributed by atoms with Gasteiger partial charge in [0.2, 0.25) is 0 Å². The molecule has 2 heteroatoms. The van der Waals surface area contributed by atoms with Crippen LogP contribution in [0.2, 0.25) is 0 Å². The third-order valence-corrected chi connectivity index (χ3v) is 1.29. The molecule has 0 amide bonds. The Hall–Kier alpha value is -1.31. The van der Waals surface area contributed by atoms with Crippen molar-refractivity contribution in [1.82, 2.24) is 0 Å². The standard InChI is InChI=1S/C11H16O2/c1-5-6-9(2)8-13-11(4)7-10(3)12/h5-7H,2,8H2,1,3-4H3/b6-5?,11-7+. The molecule has 0 radical (unpaired) electrons. The number of ketones is 1. The van der Waals surface area contributed by atoms with Gasteiger partial charge < -0.3 is 4.74 Å². The van der Waals surface area contributed by atoms with Gasteiger partial charge in [-0.1, -0.05) is 18.7 Å². The Bertz CT molecular complexity index is 247. The first-order valence-corrected chi connectivity index (χ1v) is 4.18. The maximum absolute atomic E-state index is 10.6. The van der Waals surface area contributed by atoms with Gasteiger partial charge in [-0.05, 0) is 26.3 Å². The zero-order chi connectivity index (χ0) is 10.3. The van der Waals surface area contributed by atoms with Gasteiger partial charge in [-0.25, -0.2) is 0 Å². The topological polar surface area (TPSA) is 26.3 Å². The van der Waals surface area contributed by atoms with Crippen LogP contribution in [-0.2, 0) is 9.53 Å². The van der Waals surface area contributed by atoms with Crippen LogP contribution in [0.15, 0.2) is 36.1 Å². The van der Waals surface area contributed by atoms with E-state index in [1.165, 1.54) is 13.0 Å². The van der Waals surface area contributed by atoms with Crippen LogP contribution < -0.4 is 0 Å². The molecule has 0 atom stereocenters. The number of hydrogen-bond acceptors (Lipinski definition) is 2. The van der Waals surface area contributed by atoms with Gasteiger partial charge in [0.1, 0.15) is 6.61 Å². The molecule has 0 aliphatic carbocycles. The van der Waals surface area contributed by atoms with Crippen LogP contribution in [0, 0.1) is 0 Å². The van der Waals surface area contributed by atoms with E-state index in [9.17, 15) is 4.79 Å². The second-order valence-corrected chi connectivity index (χ2v) is 2.81. The SMILES string of the molecule is C=C(C=CC)CO/C(C)=C/C(C)=O. The highest BCUT2D eigenvalue weighted by atomic mass is 16.5. The summed E-state index contributed by atoms with van der Waals surface area (Å²) in [7, 11) is 0. The van der Waals surface area contributed by atoms with Gasteiger partial charge in [-0.3, -0.25) is 4.79 Å². The predicted molar refractivity (Wildman–Crippen MR) is 54.3 cm³/mol. The largest absolute Gasteiger partial charge is 0.493 e. The van der Waals surface area contributed by atoms with Crippen LogP contribution in [0.1, 0.15) is 20.8 Å². The molecule has 0 N–H and O–H groups in total. The molecule has 0 fully saturated rings. The lowest BCUT2D eigenvalue weighted by atomic mass is 10.3. The number of hydrogen-bond donors (Lipinski definition) is 0. The molecular weight excluding hydrogens is 164 g/mol. The van der Waals surface area contributed by atoms with Crippen LogP contribution in [0.5, 0.6) is 0 Å². The van der Waals surface area contributed by atoms with Crippen LogP contribution in [0.3, 0.4) is 0 Å². The summed E-state index contributed by atoms with van der Waals surface area (Å²) in [5, 5.41) is 0. The van der Waals surface area contributed by atoms with Crippen molar-refractivity contribution < 1.29 is 9.53 Å². The average molecular weight is 180 g/mol. The van der Waals surface area contributed by atoms with Gasteiger partial charge in [0, 0.05) is 6.08 Å². The number of ether oxygens (including phenoxy) is 1. The Morgan fingerprint density at radius 3 is 2.54 bits per heavy atom. The molecule has 72 valence electrons. The number of carbonyl (C=O) groups excluding carboxylic acids is 1. The summed E-state index contributed by atoms with van der Waals surface area (Å²) in [4.78, 5) is 10.6. The Balaban J connectivity index is 3.89. The molecule has 0 aromatic rings. The van der Waals surface area contributed by atoms with Gasteiger partial charge in [0.05, 0.1) is 5.76 Å². The van der Waals surface area contributed by atoms with Crippen LogP contribution in [0.25, 0.3) is 0 Å². The summed E-state index contributed by atoms with van der Waals surface area (Å²) in [5.41, 5.74) is 0.888. The summed E-state index contributed by atoms with van der Waals surface area (Å²) in [6.07, 6.45) is 5.24. The van der Waals surface area contributed by atoms with E-state index in [1.54, 1.807) is 6.92 Å². The Labute approximate surface area is 79.6 Å². The molecular formula is C11H16O2. The van der Waals surface area contributed by atoms with E-state index < -0.39 is 0 Å². The van der Waals surface area contributed by atoms with E-state index in [1.807, 2.05) is 19.1 Å². The third-order valence-electron chi connectivity index (χ3n) is 1.29. The summed E-state index contributed by atoms with van der Waals surface area (Å²) in [6, 6.07) is 0. The highest BCUT2D eigenvalue weighted by Crippen LogP contribution is 2.01. The third kappa shape index (κ3) is 7.06. The minimum absolute atomic E-state index is 0.00542. The van der Waals surface area contributed by atoms with Gasteiger partial charge in [-0.2, -0.15) is 0 Å². The minimum Gasteiger partial charge on any atom is -0.493 e. The molecule has 0 aliphatic rings. The van der Waals surface area contributed by atoms with Crippen molar-refractivity contribution in [2.75, 3.05) is 6.61 Å². The second kappa shape index (κ2) is 6.23. The molecule has 0 saturated heterocycles. The molecule has 0 saturated carbocycles. The van der Waals surface area contributed by atoms with Crippen molar-refractivity contribution in [3.8, 4) is 0 Å². The fraction of sp³-hybridized carbons (Fsp3) is 0.364. The first-order chi connectivity index (χ1) is 6.06.